The summed E-state index contributed by atoms with van der Waals surface area (Å²) in [6.07, 6.45) is 8.23. The van der Waals surface area contributed by atoms with E-state index in [1.807, 2.05) is 19.3 Å². The van der Waals surface area contributed by atoms with E-state index in [0.29, 0.717) is 0 Å². The fraction of sp³-hybridized carbons (Fsp3) is 0.600. The van der Waals surface area contributed by atoms with E-state index < -0.39 is 0 Å². The van der Waals surface area contributed by atoms with Gasteiger partial charge in [-0.1, -0.05) is 0 Å². The third kappa shape index (κ3) is 2.25. The number of nitrogens with two attached hydrogens (primary N) is 1. The Morgan fingerprint density at radius 2 is 2.00 bits per heavy atom. The first-order valence-corrected chi connectivity index (χ1v) is 4.74. The van der Waals surface area contributed by atoms with Crippen LogP contribution in [0.4, 0.5) is 0 Å². The van der Waals surface area contributed by atoms with Gasteiger partial charge in [0, 0.05) is 17.9 Å². The highest BCUT2D eigenvalue weighted by Crippen LogP contribution is 2.36. The van der Waals surface area contributed by atoms with Crippen LogP contribution in [0, 0.1) is 6.92 Å². The highest BCUT2D eigenvalue weighted by molar-refractivity contribution is 5.08. The maximum Gasteiger partial charge on any atom is 0.125 e. The number of hydrogen-bond acceptors (Lipinski definition) is 3. The van der Waals surface area contributed by atoms with Crippen molar-refractivity contribution in [3.63, 3.8) is 0 Å². The van der Waals surface area contributed by atoms with Crippen LogP contribution >= 0.6 is 0 Å². The zero-order valence-electron chi connectivity index (χ0n) is 7.95. The molecule has 1 fully saturated rings. The predicted molar refractivity (Wildman–Crippen MR) is 51.2 cm³/mol. The van der Waals surface area contributed by atoms with Crippen LogP contribution < -0.4 is 5.73 Å². The van der Waals surface area contributed by atoms with Gasteiger partial charge in [0.2, 0.25) is 0 Å². The lowest BCUT2D eigenvalue weighted by Crippen LogP contribution is -2.22. The Morgan fingerprint density at radius 1 is 1.38 bits per heavy atom. The summed E-state index contributed by atoms with van der Waals surface area (Å²) in [5, 5.41) is 0. The van der Waals surface area contributed by atoms with Gasteiger partial charge in [-0.15, -0.1) is 0 Å². The van der Waals surface area contributed by atoms with Gasteiger partial charge >= 0.3 is 0 Å². The summed E-state index contributed by atoms with van der Waals surface area (Å²) >= 11 is 0. The van der Waals surface area contributed by atoms with Gasteiger partial charge in [0.15, 0.2) is 0 Å². The van der Waals surface area contributed by atoms with Crippen LogP contribution in [-0.2, 0) is 6.42 Å². The standard InChI is InChI=1S/C10H15N3/c1-8-12-6-9(7-13-8)2-3-10(11)4-5-10/h6-7H,2-5,11H2,1H3. The molecule has 0 unspecified atom stereocenters. The molecule has 0 aromatic carbocycles. The zero-order valence-corrected chi connectivity index (χ0v) is 7.95. The molecular formula is C10H15N3. The second-order valence-corrected chi connectivity index (χ2v) is 4.00. The van der Waals surface area contributed by atoms with Crippen molar-refractivity contribution in [2.75, 3.05) is 0 Å². The zero-order chi connectivity index (χ0) is 9.31. The highest BCUT2D eigenvalue weighted by atomic mass is 14.8. The second kappa shape index (κ2) is 3.07. The maximum atomic E-state index is 5.98. The van der Waals surface area contributed by atoms with Gasteiger partial charge < -0.3 is 5.73 Å². The van der Waals surface area contributed by atoms with Crippen molar-refractivity contribution in [1.29, 1.82) is 0 Å². The van der Waals surface area contributed by atoms with E-state index in [0.717, 1.165) is 18.7 Å². The highest BCUT2D eigenvalue weighted by Gasteiger charge is 2.37. The van der Waals surface area contributed by atoms with Gasteiger partial charge in [-0.25, -0.2) is 9.97 Å². The van der Waals surface area contributed by atoms with Crippen molar-refractivity contribution in [1.82, 2.24) is 9.97 Å². The topological polar surface area (TPSA) is 51.8 Å². The SMILES string of the molecule is Cc1ncc(CCC2(N)CC2)cn1. The van der Waals surface area contributed by atoms with Crippen LogP contribution in [0.5, 0.6) is 0 Å². The van der Waals surface area contributed by atoms with Gasteiger partial charge in [-0.2, -0.15) is 0 Å². The molecule has 0 aliphatic heterocycles. The quantitative estimate of drug-likeness (QED) is 0.755. The van der Waals surface area contributed by atoms with E-state index in [1.165, 1.54) is 18.4 Å². The molecule has 1 aliphatic rings. The lowest BCUT2D eigenvalue weighted by molar-refractivity contribution is 0.607. The van der Waals surface area contributed by atoms with E-state index >= 15 is 0 Å². The molecular weight excluding hydrogens is 162 g/mol. The van der Waals surface area contributed by atoms with Gasteiger partial charge in [-0.05, 0) is 38.2 Å². The molecule has 13 heavy (non-hydrogen) atoms. The summed E-state index contributed by atoms with van der Waals surface area (Å²) in [4.78, 5) is 8.30. The molecule has 1 aliphatic carbocycles. The van der Waals surface area contributed by atoms with Gasteiger partial charge in [0.1, 0.15) is 5.82 Å². The average Bonchev–Trinajstić information content (AvgIpc) is 2.84. The Hall–Kier alpha value is -0.960. The van der Waals surface area contributed by atoms with Crippen molar-refractivity contribution in [3.8, 4) is 0 Å². The van der Waals surface area contributed by atoms with Crippen LogP contribution in [0.25, 0.3) is 0 Å². The molecule has 0 amide bonds. The van der Waals surface area contributed by atoms with Crippen LogP contribution in [0.2, 0.25) is 0 Å². The smallest absolute Gasteiger partial charge is 0.125 e. The molecule has 70 valence electrons. The minimum absolute atomic E-state index is 0.144. The second-order valence-electron chi connectivity index (χ2n) is 4.00. The molecule has 0 radical (unpaired) electrons. The Kier molecular flexibility index (Phi) is 2.04. The summed E-state index contributed by atoms with van der Waals surface area (Å²) in [6.45, 7) is 1.90. The molecule has 2 rings (SSSR count). The van der Waals surface area contributed by atoms with E-state index in [-0.39, 0.29) is 5.54 Å². The average molecular weight is 177 g/mol. The number of aromatic nitrogens is 2. The molecule has 1 aromatic rings. The van der Waals surface area contributed by atoms with Gasteiger partial charge in [0.25, 0.3) is 0 Å². The van der Waals surface area contributed by atoms with E-state index in [9.17, 15) is 0 Å². The first-order chi connectivity index (χ1) is 6.18. The summed E-state index contributed by atoms with van der Waals surface area (Å²) in [7, 11) is 0. The largest absolute Gasteiger partial charge is 0.325 e. The van der Waals surface area contributed by atoms with Crippen LogP contribution in [0.15, 0.2) is 12.4 Å². The third-order valence-corrected chi connectivity index (χ3v) is 2.64. The lowest BCUT2D eigenvalue weighted by Gasteiger charge is -2.06. The Labute approximate surface area is 78.4 Å². The maximum absolute atomic E-state index is 5.98. The number of aryl methyl sites for hydroxylation is 2. The predicted octanol–water partition coefficient (Wildman–Crippen LogP) is 1.21. The molecule has 0 spiro atoms. The fourth-order valence-electron chi connectivity index (χ4n) is 1.35. The van der Waals surface area contributed by atoms with Crippen molar-refractivity contribution in [3.05, 3.63) is 23.8 Å². The molecule has 3 heteroatoms. The molecule has 1 saturated carbocycles. The monoisotopic (exact) mass is 177 g/mol. The molecule has 2 N–H and O–H groups in total. The molecule has 1 heterocycles. The number of hydrogen-bond donors (Lipinski definition) is 1. The minimum Gasteiger partial charge on any atom is -0.325 e. The van der Waals surface area contributed by atoms with E-state index in [4.69, 9.17) is 5.73 Å². The Morgan fingerprint density at radius 3 is 2.54 bits per heavy atom. The Bertz CT molecular complexity index is 288. The Balaban J connectivity index is 1.91. The summed E-state index contributed by atoms with van der Waals surface area (Å²) in [5.74, 6) is 0.831. The van der Waals surface area contributed by atoms with Crippen molar-refractivity contribution >= 4 is 0 Å². The van der Waals surface area contributed by atoms with E-state index in [2.05, 4.69) is 9.97 Å². The third-order valence-electron chi connectivity index (χ3n) is 2.64. The first kappa shape index (κ1) is 8.63. The lowest BCUT2D eigenvalue weighted by atomic mass is 10.1. The molecule has 1 aromatic heterocycles. The van der Waals surface area contributed by atoms with Crippen molar-refractivity contribution in [2.45, 2.75) is 38.1 Å². The fourth-order valence-corrected chi connectivity index (χ4v) is 1.35. The van der Waals surface area contributed by atoms with Crippen LogP contribution in [-0.4, -0.2) is 15.5 Å². The minimum atomic E-state index is 0.144. The number of nitrogens with zero attached hydrogens (tertiary/aromatic N) is 2. The molecule has 0 saturated heterocycles. The normalized spacial score (nSPS) is 18.6. The summed E-state index contributed by atoms with van der Waals surface area (Å²) < 4.78 is 0. The number of rotatable bonds is 3. The van der Waals surface area contributed by atoms with Gasteiger partial charge in [-0.3, -0.25) is 0 Å². The van der Waals surface area contributed by atoms with Gasteiger partial charge in [0.05, 0.1) is 0 Å². The van der Waals surface area contributed by atoms with E-state index in [1.54, 1.807) is 0 Å². The van der Waals surface area contributed by atoms with Crippen LogP contribution in [0.1, 0.15) is 30.7 Å². The molecule has 0 bridgehead atoms. The van der Waals surface area contributed by atoms with Crippen molar-refractivity contribution < 1.29 is 0 Å². The summed E-state index contributed by atoms with van der Waals surface area (Å²) in [6, 6.07) is 0. The first-order valence-electron chi connectivity index (χ1n) is 4.74. The summed E-state index contributed by atoms with van der Waals surface area (Å²) in [5.41, 5.74) is 7.32. The van der Waals surface area contributed by atoms with Crippen molar-refractivity contribution in [2.24, 2.45) is 5.73 Å². The molecule has 0 atom stereocenters. The van der Waals surface area contributed by atoms with Crippen LogP contribution in [0.3, 0.4) is 0 Å². The molecule has 3 nitrogen and oxygen atoms in total.